The second-order valence-corrected chi connectivity index (χ2v) is 11.4. The van der Waals surface area contributed by atoms with Crippen LogP contribution in [0.15, 0.2) is 60.9 Å². The summed E-state index contributed by atoms with van der Waals surface area (Å²) in [5.41, 5.74) is 3.65. The van der Waals surface area contributed by atoms with Gasteiger partial charge < -0.3 is 29.6 Å². The fourth-order valence-corrected chi connectivity index (χ4v) is 5.70. The van der Waals surface area contributed by atoms with Crippen molar-refractivity contribution >= 4 is 29.3 Å². The second kappa shape index (κ2) is 14.8. The number of rotatable bonds is 10. The Balaban J connectivity index is 1.34. The molecule has 3 heterocycles. The van der Waals surface area contributed by atoms with Gasteiger partial charge in [-0.15, -0.1) is 13.2 Å². The molecule has 1 aliphatic heterocycles. The minimum atomic E-state index is -5.01. The summed E-state index contributed by atoms with van der Waals surface area (Å²) >= 11 is 0. The molecule has 5 rings (SSSR count). The number of benzene rings is 2. The molecule has 0 spiro atoms. The lowest BCUT2D eigenvalue weighted by Gasteiger charge is -2.31. The number of hydrogen-bond donors (Lipinski definition) is 3. The third-order valence-electron chi connectivity index (χ3n) is 8.21. The Hall–Kier alpha value is -5.11. The largest absolute Gasteiger partial charge is 0.573 e. The fraction of sp³-hybridized carbons (Fsp3) is 0.353. The highest BCUT2D eigenvalue weighted by Crippen LogP contribution is 2.34. The van der Waals surface area contributed by atoms with E-state index in [-0.39, 0.29) is 29.0 Å². The molecule has 1 saturated heterocycles. The summed E-state index contributed by atoms with van der Waals surface area (Å²) in [6, 6.07) is 12.9. The van der Waals surface area contributed by atoms with E-state index in [1.807, 2.05) is 32.0 Å². The lowest BCUT2D eigenvalue weighted by molar-refractivity contribution is -0.274. The van der Waals surface area contributed by atoms with Crippen LogP contribution in [0.4, 0.5) is 35.3 Å². The third kappa shape index (κ3) is 8.23. The lowest BCUT2D eigenvalue weighted by Crippen LogP contribution is -2.43. The number of hydrogen-bond acceptors (Lipinski definition) is 8. The molecule has 0 aliphatic carbocycles. The van der Waals surface area contributed by atoms with Gasteiger partial charge in [0.1, 0.15) is 0 Å². The van der Waals surface area contributed by atoms with Gasteiger partial charge in [0, 0.05) is 44.2 Å². The van der Waals surface area contributed by atoms with E-state index in [0.29, 0.717) is 11.4 Å². The molecular formula is C34H38F3N7O4. The molecule has 3 N–H and O–H groups in total. The van der Waals surface area contributed by atoms with Crippen molar-refractivity contribution in [1.82, 2.24) is 24.8 Å². The van der Waals surface area contributed by atoms with Crippen molar-refractivity contribution in [2.45, 2.75) is 51.9 Å². The van der Waals surface area contributed by atoms with E-state index in [2.05, 4.69) is 30.7 Å². The molecule has 2 aromatic heterocycles. The van der Waals surface area contributed by atoms with Gasteiger partial charge in [-0.1, -0.05) is 32.0 Å². The first-order chi connectivity index (χ1) is 23.0. The molecule has 0 unspecified atom stereocenters. The molecule has 0 saturated carbocycles. The Morgan fingerprint density at radius 2 is 1.77 bits per heavy atom. The maximum Gasteiger partial charge on any atom is 0.573 e. The first-order valence-electron chi connectivity index (χ1n) is 15.7. The number of para-hydroxylation sites is 1. The highest BCUT2D eigenvalue weighted by molar-refractivity contribution is 5.95. The molecule has 14 heteroatoms. The summed E-state index contributed by atoms with van der Waals surface area (Å²) in [6.07, 6.45) is 0.374. The third-order valence-corrected chi connectivity index (χ3v) is 8.21. The van der Waals surface area contributed by atoms with Crippen LogP contribution < -0.4 is 25.4 Å². The first kappa shape index (κ1) is 34.2. The van der Waals surface area contributed by atoms with Gasteiger partial charge in [-0.2, -0.15) is 0 Å². The van der Waals surface area contributed by atoms with Crippen LogP contribution in [-0.4, -0.2) is 64.0 Å². The van der Waals surface area contributed by atoms with Gasteiger partial charge in [-0.3, -0.25) is 10.1 Å². The molecule has 0 atom stereocenters. The van der Waals surface area contributed by atoms with Crippen LogP contribution in [0.5, 0.6) is 11.5 Å². The van der Waals surface area contributed by atoms with E-state index in [0.717, 1.165) is 61.7 Å². The number of ether oxygens (including phenoxy) is 2. The zero-order valence-corrected chi connectivity index (χ0v) is 27.1. The number of nitrogens with zero attached hydrogens (tertiary/aromatic N) is 4. The van der Waals surface area contributed by atoms with Crippen molar-refractivity contribution in [2.24, 2.45) is 7.05 Å². The number of amides is 2. The zero-order chi connectivity index (χ0) is 34.4. The number of piperidine rings is 1. The Morgan fingerprint density at radius 3 is 2.44 bits per heavy atom. The lowest BCUT2D eigenvalue weighted by atomic mass is 10.0. The smallest absolute Gasteiger partial charge is 0.408 e. The van der Waals surface area contributed by atoms with Crippen molar-refractivity contribution in [3.63, 3.8) is 0 Å². The van der Waals surface area contributed by atoms with E-state index in [9.17, 15) is 22.8 Å². The molecule has 1 aliphatic rings. The van der Waals surface area contributed by atoms with E-state index in [1.165, 1.54) is 18.3 Å². The minimum absolute atomic E-state index is 0.0184. The molecule has 0 bridgehead atoms. The fourth-order valence-electron chi connectivity index (χ4n) is 5.70. The number of carbonyl (C=O) groups excluding carboxylic acids is 2. The van der Waals surface area contributed by atoms with Gasteiger partial charge in [-0.25, -0.2) is 14.8 Å². The topological polar surface area (TPSA) is 123 Å². The number of alkyl halides is 3. The van der Waals surface area contributed by atoms with E-state index in [1.54, 1.807) is 41.9 Å². The van der Waals surface area contributed by atoms with Crippen LogP contribution >= 0.6 is 0 Å². The van der Waals surface area contributed by atoms with Crippen LogP contribution in [0.25, 0.3) is 11.4 Å². The number of anilines is 3. The summed E-state index contributed by atoms with van der Waals surface area (Å²) in [7, 11) is 3.39. The average Bonchev–Trinajstić information content (AvgIpc) is 3.44. The molecule has 11 nitrogen and oxygen atoms in total. The van der Waals surface area contributed by atoms with Crippen molar-refractivity contribution in [1.29, 1.82) is 0 Å². The minimum Gasteiger partial charge on any atom is -0.408 e. The van der Waals surface area contributed by atoms with Crippen molar-refractivity contribution < 1.29 is 32.2 Å². The van der Waals surface area contributed by atoms with Crippen LogP contribution in [0, 0.1) is 0 Å². The number of halogens is 3. The molecule has 48 heavy (non-hydrogen) atoms. The summed E-state index contributed by atoms with van der Waals surface area (Å²) in [5, 5.41) is 8.88. The second-order valence-electron chi connectivity index (χ2n) is 11.4. The maximum atomic E-state index is 13.4. The Morgan fingerprint density at radius 1 is 1.06 bits per heavy atom. The van der Waals surface area contributed by atoms with Crippen LogP contribution in [0.2, 0.25) is 0 Å². The summed E-state index contributed by atoms with van der Waals surface area (Å²) in [5.74, 6) is -0.761. The van der Waals surface area contributed by atoms with Crippen molar-refractivity contribution in [3.05, 3.63) is 77.6 Å². The SMILES string of the molecule is CCc1cccc(CC)c1NC(=O)Oc1cc(-c2ccnc(Nc3ccc(C(=O)N(C)C4CCNCC4)cc3OC(F)(F)F)n2)n(C)c1. The predicted molar refractivity (Wildman–Crippen MR) is 176 cm³/mol. The van der Waals surface area contributed by atoms with Crippen LogP contribution in [-0.2, 0) is 19.9 Å². The van der Waals surface area contributed by atoms with E-state index >= 15 is 0 Å². The highest BCUT2D eigenvalue weighted by atomic mass is 19.4. The average molecular weight is 666 g/mol. The Bertz CT molecular complexity index is 1750. The van der Waals surface area contributed by atoms with Crippen LogP contribution in [0.1, 0.15) is 48.2 Å². The predicted octanol–water partition coefficient (Wildman–Crippen LogP) is 6.68. The van der Waals surface area contributed by atoms with Gasteiger partial charge in [0.05, 0.1) is 22.8 Å². The highest BCUT2D eigenvalue weighted by Gasteiger charge is 2.33. The summed E-state index contributed by atoms with van der Waals surface area (Å²) in [6.45, 7) is 5.53. The first-order valence-corrected chi connectivity index (χ1v) is 15.7. The molecule has 1 fully saturated rings. The van der Waals surface area contributed by atoms with Crippen molar-refractivity contribution in [3.8, 4) is 22.9 Å². The Labute approximate surface area is 276 Å². The molecule has 2 aromatic carbocycles. The standard InChI is InChI=1S/C34H38F3N7O4/c1-5-21-8-7-9-22(6-2)30(21)42-33(46)47-25-19-28(43(3)20-25)26-14-17-39-32(40-26)41-27-11-10-23(18-29(27)48-34(35,36)37)31(45)44(4)24-12-15-38-16-13-24/h7-11,14,17-20,24,38H,5-6,12-13,15-16H2,1-4H3,(H,42,46)(H,39,40,41). The quantitative estimate of drug-likeness (QED) is 0.171. The number of nitrogens with one attached hydrogen (secondary N) is 3. The summed E-state index contributed by atoms with van der Waals surface area (Å²) in [4.78, 5) is 36.2. The molecular weight excluding hydrogens is 627 g/mol. The van der Waals surface area contributed by atoms with Gasteiger partial charge in [0.15, 0.2) is 11.5 Å². The molecule has 0 radical (unpaired) electrons. The van der Waals surface area contributed by atoms with Gasteiger partial charge in [-0.05, 0) is 74.2 Å². The monoisotopic (exact) mass is 665 g/mol. The molecule has 254 valence electrons. The zero-order valence-electron chi connectivity index (χ0n) is 27.1. The number of carbonyl (C=O) groups is 2. The van der Waals surface area contributed by atoms with Crippen molar-refractivity contribution in [2.75, 3.05) is 30.8 Å². The van der Waals surface area contributed by atoms with E-state index in [4.69, 9.17) is 4.74 Å². The normalized spacial score (nSPS) is 13.6. The molecule has 4 aromatic rings. The number of aromatic nitrogens is 3. The maximum absolute atomic E-state index is 13.4. The molecule has 2 amide bonds. The van der Waals surface area contributed by atoms with Gasteiger partial charge in [0.25, 0.3) is 5.91 Å². The van der Waals surface area contributed by atoms with Gasteiger partial charge >= 0.3 is 12.5 Å². The summed E-state index contributed by atoms with van der Waals surface area (Å²) < 4.78 is 51.9. The van der Waals surface area contributed by atoms with Crippen LogP contribution in [0.3, 0.4) is 0 Å². The number of aryl methyl sites for hydroxylation is 3. The Kier molecular flexibility index (Phi) is 10.5. The van der Waals surface area contributed by atoms with Gasteiger partial charge in [0.2, 0.25) is 5.95 Å². The van der Waals surface area contributed by atoms with E-state index < -0.39 is 24.1 Å².